The van der Waals surface area contributed by atoms with Crippen LogP contribution in [0.2, 0.25) is 0 Å². The number of aromatic carboxylic acids is 1. The van der Waals surface area contributed by atoms with Crippen molar-refractivity contribution < 1.29 is 24.1 Å². The third-order valence-electron chi connectivity index (χ3n) is 3.82. The van der Waals surface area contributed by atoms with Gasteiger partial charge in [0.1, 0.15) is 0 Å². The molecule has 1 N–H and O–H groups in total. The van der Waals surface area contributed by atoms with Gasteiger partial charge in [0, 0.05) is 10.9 Å². The van der Waals surface area contributed by atoms with Crippen LogP contribution in [-0.4, -0.2) is 37.4 Å². The summed E-state index contributed by atoms with van der Waals surface area (Å²) in [5, 5.41) is 10.1. The lowest BCUT2D eigenvalue weighted by molar-refractivity contribution is 0.0698. The molecule has 0 spiro atoms. The van der Waals surface area contributed by atoms with E-state index in [0.717, 1.165) is 9.75 Å². The highest BCUT2D eigenvalue weighted by Gasteiger charge is 2.23. The van der Waals surface area contributed by atoms with Gasteiger partial charge in [0.15, 0.2) is 11.5 Å². The maximum Gasteiger partial charge on any atom is 0.336 e. The van der Waals surface area contributed by atoms with Gasteiger partial charge in [-0.25, -0.2) is 9.78 Å². The van der Waals surface area contributed by atoms with Gasteiger partial charge in [-0.2, -0.15) is 0 Å². The van der Waals surface area contributed by atoms with Gasteiger partial charge in [-0.1, -0.05) is 0 Å². The Kier molecular flexibility index (Phi) is 4.50. The average molecular weight is 359 g/mol. The summed E-state index contributed by atoms with van der Waals surface area (Å²) in [4.78, 5) is 18.5. The van der Waals surface area contributed by atoms with Gasteiger partial charge in [-0.15, -0.1) is 11.3 Å². The van der Waals surface area contributed by atoms with Crippen molar-refractivity contribution in [2.45, 2.75) is 6.92 Å². The van der Waals surface area contributed by atoms with E-state index in [1.807, 2.05) is 19.1 Å². The number of benzene rings is 1. The molecule has 0 aliphatic heterocycles. The number of fused-ring (bicyclic) bond motifs is 1. The van der Waals surface area contributed by atoms with E-state index >= 15 is 0 Å². The summed E-state index contributed by atoms with van der Waals surface area (Å²) in [5.74, 6) is -0.0141. The summed E-state index contributed by atoms with van der Waals surface area (Å²) >= 11 is 1.55. The molecule has 1 aromatic carbocycles. The third-order valence-corrected chi connectivity index (χ3v) is 4.85. The Morgan fingerprint density at radius 1 is 1.08 bits per heavy atom. The van der Waals surface area contributed by atoms with E-state index < -0.39 is 5.97 Å². The van der Waals surface area contributed by atoms with Gasteiger partial charge in [0.05, 0.1) is 48.4 Å². The van der Waals surface area contributed by atoms with Crippen LogP contribution in [0.3, 0.4) is 0 Å². The van der Waals surface area contributed by atoms with E-state index in [2.05, 4.69) is 4.98 Å². The van der Waals surface area contributed by atoms with Crippen LogP contribution in [0.25, 0.3) is 21.5 Å². The summed E-state index contributed by atoms with van der Waals surface area (Å²) < 4.78 is 16.1. The lowest BCUT2D eigenvalue weighted by Crippen LogP contribution is -2.04. The highest BCUT2D eigenvalue weighted by molar-refractivity contribution is 7.15. The molecule has 0 saturated heterocycles. The Hall–Kier alpha value is -2.80. The number of hydrogen-bond donors (Lipinski definition) is 1. The predicted molar refractivity (Wildman–Crippen MR) is 96.4 cm³/mol. The van der Waals surface area contributed by atoms with Crippen molar-refractivity contribution in [2.75, 3.05) is 21.3 Å². The number of nitrogens with zero attached hydrogens (tertiary/aromatic N) is 1. The van der Waals surface area contributed by atoms with Crippen LogP contribution in [0.4, 0.5) is 0 Å². The van der Waals surface area contributed by atoms with Gasteiger partial charge in [0.25, 0.3) is 0 Å². The minimum atomic E-state index is -1.06. The van der Waals surface area contributed by atoms with E-state index in [1.165, 1.54) is 21.3 Å². The maximum absolute atomic E-state index is 11.9. The van der Waals surface area contributed by atoms with E-state index in [1.54, 1.807) is 23.5 Å². The van der Waals surface area contributed by atoms with Crippen LogP contribution in [-0.2, 0) is 0 Å². The van der Waals surface area contributed by atoms with Crippen molar-refractivity contribution in [3.63, 3.8) is 0 Å². The summed E-state index contributed by atoms with van der Waals surface area (Å²) in [7, 11) is 4.44. The van der Waals surface area contributed by atoms with E-state index in [-0.39, 0.29) is 11.3 Å². The Morgan fingerprint density at radius 3 is 2.32 bits per heavy atom. The number of thiophene rings is 1. The second-order valence-corrected chi connectivity index (χ2v) is 6.60. The van der Waals surface area contributed by atoms with Gasteiger partial charge >= 0.3 is 5.97 Å². The predicted octanol–water partition coefficient (Wildman–Crippen LogP) is 4.00. The number of aryl methyl sites for hydroxylation is 1. The molecular weight excluding hydrogens is 342 g/mol. The molecule has 25 heavy (non-hydrogen) atoms. The van der Waals surface area contributed by atoms with Crippen LogP contribution in [0, 0.1) is 6.92 Å². The van der Waals surface area contributed by atoms with Crippen molar-refractivity contribution in [1.82, 2.24) is 4.98 Å². The zero-order valence-electron chi connectivity index (χ0n) is 14.2. The number of carbonyl (C=O) groups is 1. The molecule has 3 rings (SSSR count). The number of ether oxygens (including phenoxy) is 3. The Balaban J connectivity index is 2.42. The first kappa shape index (κ1) is 17.0. The van der Waals surface area contributed by atoms with Crippen LogP contribution in [0.5, 0.6) is 17.2 Å². The molecule has 0 bridgehead atoms. The number of carboxylic acid groups (broad SMARTS) is 1. The molecule has 0 saturated carbocycles. The van der Waals surface area contributed by atoms with Crippen LogP contribution < -0.4 is 14.2 Å². The number of hydrogen-bond acceptors (Lipinski definition) is 6. The molecule has 0 aliphatic carbocycles. The SMILES string of the molecule is COc1cc2nc(-c3ccc(C)s3)cc(C(=O)O)c2c(OC)c1OC. The maximum atomic E-state index is 11.9. The molecule has 2 aromatic heterocycles. The smallest absolute Gasteiger partial charge is 0.336 e. The second-order valence-electron chi connectivity index (χ2n) is 5.31. The lowest BCUT2D eigenvalue weighted by atomic mass is 10.0. The van der Waals surface area contributed by atoms with Crippen LogP contribution in [0.1, 0.15) is 15.2 Å². The summed E-state index contributed by atoms with van der Waals surface area (Å²) in [6.07, 6.45) is 0. The molecule has 0 radical (unpaired) electrons. The summed E-state index contributed by atoms with van der Waals surface area (Å²) in [6, 6.07) is 7.12. The largest absolute Gasteiger partial charge is 0.493 e. The molecule has 7 heteroatoms. The van der Waals surface area contributed by atoms with Crippen molar-refractivity contribution in [1.29, 1.82) is 0 Å². The van der Waals surface area contributed by atoms with E-state index in [9.17, 15) is 9.90 Å². The highest BCUT2D eigenvalue weighted by atomic mass is 32.1. The monoisotopic (exact) mass is 359 g/mol. The summed E-state index contributed by atoms with van der Waals surface area (Å²) in [5.41, 5.74) is 1.16. The Bertz CT molecular complexity index is 964. The van der Waals surface area contributed by atoms with Crippen LogP contribution >= 0.6 is 11.3 Å². The van der Waals surface area contributed by atoms with Crippen molar-refractivity contribution in [3.8, 4) is 27.8 Å². The lowest BCUT2D eigenvalue weighted by Gasteiger charge is -2.16. The quantitative estimate of drug-likeness (QED) is 0.742. The number of rotatable bonds is 5. The minimum Gasteiger partial charge on any atom is -0.493 e. The first-order valence-corrected chi connectivity index (χ1v) is 8.25. The molecule has 130 valence electrons. The van der Waals surface area contributed by atoms with E-state index in [0.29, 0.717) is 28.1 Å². The minimum absolute atomic E-state index is 0.101. The molecule has 0 atom stereocenters. The number of aromatic nitrogens is 1. The zero-order chi connectivity index (χ0) is 18.1. The molecule has 0 fully saturated rings. The topological polar surface area (TPSA) is 77.9 Å². The first-order valence-electron chi connectivity index (χ1n) is 7.44. The van der Waals surface area contributed by atoms with Crippen molar-refractivity contribution in [2.24, 2.45) is 0 Å². The van der Waals surface area contributed by atoms with Gasteiger partial charge in [-0.05, 0) is 25.1 Å². The normalized spacial score (nSPS) is 10.7. The summed E-state index contributed by atoms with van der Waals surface area (Å²) in [6.45, 7) is 1.99. The molecule has 0 unspecified atom stereocenters. The molecule has 3 aromatic rings. The molecule has 0 aliphatic rings. The number of pyridine rings is 1. The van der Waals surface area contributed by atoms with Gasteiger partial charge in [0.2, 0.25) is 5.75 Å². The standard InChI is InChI=1S/C18H17NO5S/c1-9-5-6-14(25-9)11-7-10(18(20)21)15-12(19-11)8-13(22-2)16(23-3)17(15)24-4/h5-8H,1-4H3,(H,20,21). The highest BCUT2D eigenvalue weighted by Crippen LogP contribution is 2.45. The molecule has 2 heterocycles. The fourth-order valence-corrected chi connectivity index (χ4v) is 3.56. The number of carboxylic acids is 1. The first-order chi connectivity index (χ1) is 12.0. The number of methoxy groups -OCH3 is 3. The van der Waals surface area contributed by atoms with E-state index in [4.69, 9.17) is 14.2 Å². The second kappa shape index (κ2) is 6.60. The van der Waals surface area contributed by atoms with Gasteiger partial charge < -0.3 is 19.3 Å². The third kappa shape index (κ3) is 2.87. The average Bonchev–Trinajstić information content (AvgIpc) is 3.05. The molecule has 6 nitrogen and oxygen atoms in total. The zero-order valence-corrected chi connectivity index (χ0v) is 15.1. The Labute approximate surface area is 148 Å². The van der Waals surface area contributed by atoms with Crippen LogP contribution in [0.15, 0.2) is 24.3 Å². The van der Waals surface area contributed by atoms with Crippen molar-refractivity contribution in [3.05, 3.63) is 34.7 Å². The Morgan fingerprint density at radius 2 is 1.80 bits per heavy atom. The molecular formula is C18H17NO5S. The fraction of sp³-hybridized carbons (Fsp3) is 0.222. The molecule has 0 amide bonds. The van der Waals surface area contributed by atoms with Crippen molar-refractivity contribution >= 4 is 28.2 Å². The van der Waals surface area contributed by atoms with Gasteiger partial charge in [-0.3, -0.25) is 0 Å². The fourth-order valence-electron chi connectivity index (χ4n) is 2.73.